The van der Waals surface area contributed by atoms with Crippen LogP contribution < -0.4 is 5.48 Å². The third-order valence-electron chi connectivity index (χ3n) is 0.782. The van der Waals surface area contributed by atoms with Crippen molar-refractivity contribution in [3.05, 3.63) is 0 Å². The molecule has 46 valence electrons. The van der Waals surface area contributed by atoms with Gasteiger partial charge in [-0.2, -0.15) is 5.48 Å². The van der Waals surface area contributed by atoms with Crippen LogP contribution in [0, 0.1) is 0 Å². The molecule has 0 aromatic rings. The van der Waals surface area contributed by atoms with Crippen LogP contribution in [0.25, 0.3) is 0 Å². The molecule has 1 rings (SSSR count). The third-order valence-corrected chi connectivity index (χ3v) is 0.782. The van der Waals surface area contributed by atoms with Gasteiger partial charge in [0.15, 0.2) is 6.04 Å². The normalized spacial score (nSPS) is 28.2. The smallest absolute Gasteiger partial charge is 0.325 e. The molecule has 5 nitrogen and oxygen atoms in total. The Morgan fingerprint density at radius 3 is 2.88 bits per heavy atom. The Kier molecular flexibility index (Phi) is 1.43. The predicted molar refractivity (Wildman–Crippen MR) is 21.6 cm³/mol. The van der Waals surface area contributed by atoms with E-state index in [0.29, 0.717) is 0 Å². The molecular weight excluding hydrogens is 114 g/mol. The molecule has 5 heteroatoms. The number of carboxylic acid groups (broad SMARTS) is 1. The fourth-order valence-electron chi connectivity index (χ4n) is 0.350. The van der Waals surface area contributed by atoms with Crippen molar-refractivity contribution in [1.29, 1.82) is 0 Å². The molecule has 0 spiro atoms. The van der Waals surface area contributed by atoms with Gasteiger partial charge in [-0.25, -0.2) is 4.89 Å². The van der Waals surface area contributed by atoms with Crippen LogP contribution in [-0.4, -0.2) is 23.7 Å². The average Bonchev–Trinajstić information content (AvgIpc) is 2.12. The minimum Gasteiger partial charge on any atom is -0.480 e. The van der Waals surface area contributed by atoms with Crippen LogP contribution in [-0.2, 0) is 14.7 Å². The first-order valence-corrected chi connectivity index (χ1v) is 2.07. The standard InChI is InChI=1S/C3H5NO4/c5-3(6)2-1-7-8-4-2/h2,4H,1H2,(H,5,6). The van der Waals surface area contributed by atoms with Crippen LogP contribution >= 0.6 is 0 Å². The second kappa shape index (κ2) is 2.08. The SMILES string of the molecule is O=C(O)C1COON1. The third kappa shape index (κ3) is 0.945. The Hall–Kier alpha value is -0.650. The topological polar surface area (TPSA) is 67.8 Å². The van der Waals surface area contributed by atoms with Gasteiger partial charge in [-0.05, 0) is 0 Å². The Morgan fingerprint density at radius 1 is 1.88 bits per heavy atom. The molecular formula is C3H5NO4. The van der Waals surface area contributed by atoms with Gasteiger partial charge >= 0.3 is 5.97 Å². The summed E-state index contributed by atoms with van der Waals surface area (Å²) in [7, 11) is 0. The molecule has 0 saturated carbocycles. The first-order valence-electron chi connectivity index (χ1n) is 2.07. The molecule has 0 aromatic heterocycles. The monoisotopic (exact) mass is 119 g/mol. The number of hydrogen-bond donors (Lipinski definition) is 2. The minimum absolute atomic E-state index is 0.0648. The van der Waals surface area contributed by atoms with E-state index in [-0.39, 0.29) is 6.61 Å². The molecule has 1 unspecified atom stereocenters. The lowest BCUT2D eigenvalue weighted by atomic mass is 10.3. The lowest BCUT2D eigenvalue weighted by Crippen LogP contribution is -2.31. The summed E-state index contributed by atoms with van der Waals surface area (Å²) in [5, 5.41) is 8.19. The lowest BCUT2D eigenvalue weighted by Gasteiger charge is -1.93. The molecule has 0 radical (unpaired) electrons. The molecule has 1 aliphatic rings. The lowest BCUT2D eigenvalue weighted by molar-refractivity contribution is -0.285. The molecule has 1 atom stereocenters. The van der Waals surface area contributed by atoms with Crippen molar-refractivity contribution in [3.63, 3.8) is 0 Å². The molecule has 0 bridgehead atoms. The van der Waals surface area contributed by atoms with Gasteiger partial charge in [-0.1, -0.05) is 0 Å². The highest BCUT2D eigenvalue weighted by atomic mass is 17.3. The Balaban J connectivity index is 2.35. The summed E-state index contributed by atoms with van der Waals surface area (Å²) >= 11 is 0. The fraction of sp³-hybridized carbons (Fsp3) is 0.667. The predicted octanol–water partition coefficient (Wildman–Crippen LogP) is -1.09. The summed E-state index contributed by atoms with van der Waals surface area (Å²) in [5.74, 6) is -0.970. The molecule has 0 aromatic carbocycles. The first kappa shape index (κ1) is 5.49. The Morgan fingerprint density at radius 2 is 2.62 bits per heavy atom. The molecule has 8 heavy (non-hydrogen) atoms. The van der Waals surface area contributed by atoms with Crippen LogP contribution in [0.5, 0.6) is 0 Å². The van der Waals surface area contributed by atoms with Crippen molar-refractivity contribution < 1.29 is 19.8 Å². The number of carbonyl (C=O) groups is 1. The largest absolute Gasteiger partial charge is 0.480 e. The maximum absolute atomic E-state index is 9.98. The molecule has 1 saturated heterocycles. The quantitative estimate of drug-likeness (QED) is 0.429. The second-order valence-corrected chi connectivity index (χ2v) is 1.38. The van der Waals surface area contributed by atoms with Gasteiger partial charge in [-0.15, -0.1) is 4.99 Å². The van der Waals surface area contributed by atoms with Crippen molar-refractivity contribution in [3.8, 4) is 0 Å². The minimum atomic E-state index is -0.970. The summed E-state index contributed by atoms with van der Waals surface area (Å²) in [4.78, 5) is 18.3. The van der Waals surface area contributed by atoms with E-state index in [1.54, 1.807) is 0 Å². The van der Waals surface area contributed by atoms with E-state index in [4.69, 9.17) is 5.11 Å². The van der Waals surface area contributed by atoms with Crippen molar-refractivity contribution in [2.24, 2.45) is 0 Å². The van der Waals surface area contributed by atoms with Gasteiger partial charge < -0.3 is 5.11 Å². The Labute approximate surface area is 45.1 Å². The molecule has 1 fully saturated rings. The second-order valence-electron chi connectivity index (χ2n) is 1.38. The van der Waals surface area contributed by atoms with E-state index in [9.17, 15) is 4.79 Å². The van der Waals surface area contributed by atoms with Crippen LogP contribution in [0.1, 0.15) is 0 Å². The number of nitrogens with one attached hydrogen (secondary N) is 1. The molecule has 2 N–H and O–H groups in total. The average molecular weight is 119 g/mol. The van der Waals surface area contributed by atoms with Crippen LogP contribution in [0.2, 0.25) is 0 Å². The van der Waals surface area contributed by atoms with Crippen LogP contribution in [0.4, 0.5) is 0 Å². The van der Waals surface area contributed by atoms with E-state index in [2.05, 4.69) is 15.4 Å². The molecule has 0 aliphatic carbocycles. The van der Waals surface area contributed by atoms with E-state index >= 15 is 0 Å². The summed E-state index contributed by atoms with van der Waals surface area (Å²) in [6, 6.07) is -0.713. The summed E-state index contributed by atoms with van der Waals surface area (Å²) in [6.45, 7) is 0.0648. The maximum atomic E-state index is 9.98. The zero-order valence-electron chi connectivity index (χ0n) is 3.96. The first-order chi connectivity index (χ1) is 3.80. The summed E-state index contributed by atoms with van der Waals surface area (Å²) < 4.78 is 0. The van der Waals surface area contributed by atoms with Crippen molar-refractivity contribution in [2.45, 2.75) is 6.04 Å². The molecule has 1 heterocycles. The maximum Gasteiger partial charge on any atom is 0.325 e. The van der Waals surface area contributed by atoms with Gasteiger partial charge in [0.25, 0.3) is 0 Å². The number of carboxylic acids is 1. The number of hydroxylamine groups is 1. The van der Waals surface area contributed by atoms with Crippen molar-refractivity contribution in [1.82, 2.24) is 5.48 Å². The highest BCUT2D eigenvalue weighted by Gasteiger charge is 2.23. The van der Waals surface area contributed by atoms with E-state index in [1.807, 2.05) is 0 Å². The van der Waals surface area contributed by atoms with Gasteiger partial charge in [0, 0.05) is 0 Å². The number of hydrogen-bond acceptors (Lipinski definition) is 4. The van der Waals surface area contributed by atoms with Crippen LogP contribution in [0.3, 0.4) is 0 Å². The zero-order chi connectivity index (χ0) is 5.98. The highest BCUT2D eigenvalue weighted by molar-refractivity contribution is 5.73. The van der Waals surface area contributed by atoms with Gasteiger partial charge in [-0.3, -0.25) is 4.79 Å². The van der Waals surface area contributed by atoms with Crippen molar-refractivity contribution in [2.75, 3.05) is 6.61 Å². The fourth-order valence-corrected chi connectivity index (χ4v) is 0.350. The molecule has 1 aliphatic heterocycles. The highest BCUT2D eigenvalue weighted by Crippen LogP contribution is 1.93. The van der Waals surface area contributed by atoms with Crippen molar-refractivity contribution >= 4 is 5.97 Å². The van der Waals surface area contributed by atoms with E-state index < -0.39 is 12.0 Å². The number of rotatable bonds is 1. The van der Waals surface area contributed by atoms with E-state index in [1.165, 1.54) is 0 Å². The van der Waals surface area contributed by atoms with E-state index in [0.717, 1.165) is 0 Å². The zero-order valence-corrected chi connectivity index (χ0v) is 3.96. The Bertz CT molecular complexity index is 97.5. The van der Waals surface area contributed by atoms with Gasteiger partial charge in [0.2, 0.25) is 0 Å². The number of aliphatic carboxylic acids is 1. The van der Waals surface area contributed by atoms with Gasteiger partial charge in [0.1, 0.15) is 6.61 Å². The summed E-state index contributed by atoms with van der Waals surface area (Å²) in [6.07, 6.45) is 0. The van der Waals surface area contributed by atoms with Crippen LogP contribution in [0.15, 0.2) is 0 Å². The summed E-state index contributed by atoms with van der Waals surface area (Å²) in [5.41, 5.74) is 2.13. The van der Waals surface area contributed by atoms with Gasteiger partial charge in [0.05, 0.1) is 0 Å². The molecule has 0 amide bonds.